The number of esters is 2. The van der Waals surface area contributed by atoms with Crippen LogP contribution in [0.5, 0.6) is 0 Å². The Balaban J connectivity index is 1.44. The first-order valence-electron chi connectivity index (χ1n) is 14.6. The molecule has 4 amide bonds. The van der Waals surface area contributed by atoms with Crippen LogP contribution in [-0.4, -0.2) is 117 Å². The van der Waals surface area contributed by atoms with E-state index < -0.39 is 77.3 Å². The zero-order chi connectivity index (χ0) is 32.8. The van der Waals surface area contributed by atoms with E-state index in [1.54, 1.807) is 20.8 Å². The number of carbonyl (C=O) groups excluding carboxylic acids is 5. The van der Waals surface area contributed by atoms with E-state index in [4.69, 9.17) is 28.4 Å². The van der Waals surface area contributed by atoms with Gasteiger partial charge < -0.3 is 35.1 Å². The molecule has 3 N–H and O–H groups in total. The monoisotopic (exact) mass is 649 g/mol. The molecule has 3 saturated heterocycles. The first kappa shape index (κ1) is 35.3. The summed E-state index contributed by atoms with van der Waals surface area (Å²) in [5.74, 6) is -1.85. The largest absolute Gasteiger partial charge is 0.466 e. The van der Waals surface area contributed by atoms with Gasteiger partial charge in [-0.05, 0) is 52.4 Å². The van der Waals surface area contributed by atoms with E-state index in [-0.39, 0.29) is 44.6 Å². The lowest BCUT2D eigenvalue weighted by atomic mass is 9.95. The van der Waals surface area contributed by atoms with Crippen LogP contribution in [0.25, 0.3) is 0 Å². The SMILES string of the molecule is CCOC(=O)C(C)(C)COS(=O)(=O)ON1C(=O)N2CC1CC[C@H]2C(=O)NC1CCN(C(=O)OCOC(=O)[C@@H](N)C(C)C)CC1. The van der Waals surface area contributed by atoms with E-state index >= 15 is 0 Å². The van der Waals surface area contributed by atoms with Gasteiger partial charge in [-0.2, -0.15) is 13.5 Å². The van der Waals surface area contributed by atoms with Crippen LogP contribution < -0.4 is 11.1 Å². The number of carbonyl (C=O) groups is 5. The van der Waals surface area contributed by atoms with E-state index in [2.05, 4.69) is 5.32 Å². The van der Waals surface area contributed by atoms with Crippen molar-refractivity contribution in [3.05, 3.63) is 0 Å². The first-order chi connectivity index (χ1) is 20.6. The zero-order valence-corrected chi connectivity index (χ0v) is 26.5. The smallest absolute Gasteiger partial charge is 0.421 e. The summed E-state index contributed by atoms with van der Waals surface area (Å²) in [5, 5.41) is 3.60. The van der Waals surface area contributed by atoms with Crippen LogP contribution in [-0.2, 0) is 47.5 Å². The van der Waals surface area contributed by atoms with Gasteiger partial charge in [0.1, 0.15) is 12.1 Å². The minimum absolute atomic E-state index is 0.0810. The molecule has 17 nitrogen and oxygen atoms in total. The Hall–Kier alpha value is -3.22. The Kier molecular flexibility index (Phi) is 11.8. The van der Waals surface area contributed by atoms with Gasteiger partial charge in [0.2, 0.25) is 12.7 Å². The van der Waals surface area contributed by atoms with E-state index in [9.17, 15) is 32.4 Å². The average molecular weight is 650 g/mol. The highest BCUT2D eigenvalue weighted by atomic mass is 32.3. The fourth-order valence-electron chi connectivity index (χ4n) is 4.83. The minimum atomic E-state index is -4.71. The van der Waals surface area contributed by atoms with Crippen molar-refractivity contribution < 1.29 is 55.1 Å². The summed E-state index contributed by atoms with van der Waals surface area (Å²) in [6.07, 6.45) is 0.777. The Morgan fingerprint density at radius 2 is 1.70 bits per heavy atom. The highest BCUT2D eigenvalue weighted by Gasteiger charge is 2.50. The van der Waals surface area contributed by atoms with Crippen molar-refractivity contribution >= 4 is 40.4 Å². The van der Waals surface area contributed by atoms with Gasteiger partial charge in [-0.1, -0.05) is 13.8 Å². The predicted octanol–water partition coefficient (Wildman–Crippen LogP) is 0.239. The molecule has 0 aliphatic carbocycles. The van der Waals surface area contributed by atoms with Crippen molar-refractivity contribution in [2.75, 3.05) is 39.6 Å². The molecule has 0 aromatic heterocycles. The third kappa shape index (κ3) is 8.92. The Morgan fingerprint density at radius 3 is 2.32 bits per heavy atom. The number of piperidine rings is 2. The summed E-state index contributed by atoms with van der Waals surface area (Å²) >= 11 is 0. The molecule has 18 heteroatoms. The lowest BCUT2D eigenvalue weighted by Gasteiger charge is -2.34. The number of urea groups is 1. The van der Waals surface area contributed by atoms with Crippen molar-refractivity contribution in [1.82, 2.24) is 20.2 Å². The lowest BCUT2D eigenvalue weighted by Crippen LogP contribution is -2.54. The molecular formula is C26H43N5O12S. The maximum atomic E-state index is 13.1. The van der Waals surface area contributed by atoms with Crippen LogP contribution >= 0.6 is 0 Å². The Labute approximate surface area is 256 Å². The van der Waals surface area contributed by atoms with Crippen molar-refractivity contribution in [3.63, 3.8) is 0 Å². The number of likely N-dealkylation sites (tertiary alicyclic amines) is 1. The standard InChI is InChI=1S/C26H43N5O12S/c1-6-39-23(34)26(4,5)14-42-44(37,38)43-31-18-7-8-19(30(13-18)24(31)35)21(32)28-17-9-11-29(12-10-17)25(36)41-15-40-22(33)20(27)16(2)3/h16-20H,6-15,27H2,1-5H3,(H,28,32)/t18?,19-,20-/m0/s1. The van der Waals surface area contributed by atoms with Gasteiger partial charge in [0, 0.05) is 25.7 Å². The maximum absolute atomic E-state index is 13.1. The van der Waals surface area contributed by atoms with Gasteiger partial charge in [0.15, 0.2) is 0 Å². The number of hydroxylamine groups is 2. The number of fused-ring (bicyclic) bond motifs is 2. The highest BCUT2D eigenvalue weighted by molar-refractivity contribution is 7.81. The van der Waals surface area contributed by atoms with Gasteiger partial charge in [0.05, 0.1) is 24.7 Å². The van der Waals surface area contributed by atoms with Gasteiger partial charge in [-0.15, -0.1) is 4.28 Å². The molecule has 3 rings (SSSR count). The fourth-order valence-corrected chi connectivity index (χ4v) is 5.69. The molecule has 3 heterocycles. The topological polar surface area (TPSA) is 213 Å². The summed E-state index contributed by atoms with van der Waals surface area (Å²) in [6, 6.07) is -3.34. The van der Waals surface area contributed by atoms with Crippen LogP contribution in [0, 0.1) is 11.3 Å². The number of nitrogens with one attached hydrogen (secondary N) is 1. The summed E-state index contributed by atoms with van der Waals surface area (Å²) in [5.41, 5.74) is 4.41. The van der Waals surface area contributed by atoms with E-state index in [1.165, 1.54) is 23.6 Å². The predicted molar refractivity (Wildman–Crippen MR) is 150 cm³/mol. The number of amides is 4. The fraction of sp³-hybridized carbons (Fsp3) is 0.808. The molecule has 0 radical (unpaired) electrons. The second-order valence-corrected chi connectivity index (χ2v) is 13.1. The van der Waals surface area contributed by atoms with Crippen LogP contribution in [0.2, 0.25) is 0 Å². The van der Waals surface area contributed by atoms with Gasteiger partial charge >= 0.3 is 34.5 Å². The molecule has 3 aliphatic rings. The second kappa shape index (κ2) is 14.7. The lowest BCUT2D eigenvalue weighted by molar-refractivity contribution is -0.156. The van der Waals surface area contributed by atoms with Gasteiger partial charge in [-0.25, -0.2) is 13.8 Å². The third-order valence-corrected chi connectivity index (χ3v) is 8.41. The van der Waals surface area contributed by atoms with Gasteiger partial charge in [0.25, 0.3) is 0 Å². The number of hydrogen-bond acceptors (Lipinski definition) is 13. The molecular weight excluding hydrogens is 606 g/mol. The number of rotatable bonds is 13. The summed E-state index contributed by atoms with van der Waals surface area (Å²) in [6.45, 7) is 7.69. The van der Waals surface area contributed by atoms with Crippen LogP contribution in [0.4, 0.5) is 9.59 Å². The van der Waals surface area contributed by atoms with Crippen LogP contribution in [0.15, 0.2) is 0 Å². The number of hydrogen-bond donors (Lipinski definition) is 2. The molecule has 0 aromatic rings. The second-order valence-electron chi connectivity index (χ2n) is 11.9. The molecule has 0 spiro atoms. The number of nitrogens with zero attached hydrogens (tertiary/aromatic N) is 3. The molecule has 3 aliphatic heterocycles. The molecule has 3 fully saturated rings. The summed E-state index contributed by atoms with van der Waals surface area (Å²) in [7, 11) is -4.71. The number of ether oxygens (including phenoxy) is 3. The number of nitrogens with two attached hydrogens (primary N) is 1. The first-order valence-corrected chi connectivity index (χ1v) is 15.9. The highest BCUT2D eigenvalue weighted by Crippen LogP contribution is 2.31. The Bertz CT molecular complexity index is 1190. The van der Waals surface area contributed by atoms with Crippen molar-refractivity contribution in [3.8, 4) is 0 Å². The molecule has 3 atom stereocenters. The van der Waals surface area contributed by atoms with Gasteiger partial charge in [-0.3, -0.25) is 14.4 Å². The third-order valence-electron chi connectivity index (χ3n) is 7.66. The van der Waals surface area contributed by atoms with Crippen molar-refractivity contribution in [2.45, 2.75) is 84.5 Å². The minimum Gasteiger partial charge on any atom is -0.466 e. The quantitative estimate of drug-likeness (QED) is 0.202. The Morgan fingerprint density at radius 1 is 1.05 bits per heavy atom. The molecule has 0 aromatic carbocycles. The van der Waals surface area contributed by atoms with E-state index in [0.29, 0.717) is 24.3 Å². The molecule has 2 bridgehead atoms. The van der Waals surface area contributed by atoms with Crippen molar-refractivity contribution in [2.24, 2.45) is 17.1 Å². The normalized spacial score (nSPS) is 21.7. The average Bonchev–Trinajstić information content (AvgIpc) is 3.19. The molecule has 1 unspecified atom stereocenters. The van der Waals surface area contributed by atoms with Crippen molar-refractivity contribution in [1.29, 1.82) is 0 Å². The molecule has 250 valence electrons. The summed E-state index contributed by atoms with van der Waals surface area (Å²) < 4.78 is 49.6. The zero-order valence-electron chi connectivity index (χ0n) is 25.7. The molecule has 0 saturated carbocycles. The van der Waals surface area contributed by atoms with Crippen LogP contribution in [0.3, 0.4) is 0 Å². The maximum Gasteiger partial charge on any atom is 0.421 e. The molecule has 44 heavy (non-hydrogen) atoms. The van der Waals surface area contributed by atoms with E-state index in [1.807, 2.05) is 0 Å². The van der Waals surface area contributed by atoms with E-state index in [0.717, 1.165) is 0 Å². The summed E-state index contributed by atoms with van der Waals surface area (Å²) in [4.78, 5) is 65.0. The van der Waals surface area contributed by atoms with Crippen LogP contribution in [0.1, 0.15) is 60.3 Å².